The number of aromatic nitrogens is 1. The van der Waals surface area contributed by atoms with Crippen molar-refractivity contribution in [1.82, 2.24) is 4.57 Å². The molecule has 1 aromatic carbocycles. The maximum absolute atomic E-state index is 11.6. The molecule has 1 aliphatic rings. The normalized spacial score (nSPS) is 14.9. The molecule has 2 aromatic rings. The second-order valence-electron chi connectivity index (χ2n) is 4.56. The van der Waals surface area contributed by atoms with Crippen LogP contribution in [0.5, 0.6) is 5.75 Å². The zero-order valence-corrected chi connectivity index (χ0v) is 10.3. The van der Waals surface area contributed by atoms with Crippen molar-refractivity contribution >= 4 is 16.8 Å². The standard InChI is InChI=1S/C14H15N2O2/c1-2-18-12-5-3-4-11-13(12)10(14(15)17)8-16(11)9-6-7-9/h4-5,8-9H,2,6-7H2,1H3,(H2,15,17). The van der Waals surface area contributed by atoms with Crippen molar-refractivity contribution in [2.24, 2.45) is 5.73 Å². The molecule has 1 saturated carbocycles. The van der Waals surface area contributed by atoms with Crippen LogP contribution in [0.1, 0.15) is 36.2 Å². The van der Waals surface area contributed by atoms with Gasteiger partial charge in [-0.3, -0.25) is 4.79 Å². The van der Waals surface area contributed by atoms with Crippen LogP contribution in [0.25, 0.3) is 10.9 Å². The minimum absolute atomic E-state index is 0.411. The molecule has 1 aliphatic carbocycles. The van der Waals surface area contributed by atoms with Crippen molar-refractivity contribution in [3.05, 3.63) is 30.0 Å². The third-order valence-electron chi connectivity index (χ3n) is 3.26. The Hall–Kier alpha value is -1.97. The maximum atomic E-state index is 11.6. The molecule has 0 saturated heterocycles. The van der Waals surface area contributed by atoms with Crippen LogP contribution < -0.4 is 10.5 Å². The molecule has 0 atom stereocenters. The number of rotatable bonds is 4. The van der Waals surface area contributed by atoms with E-state index in [-0.39, 0.29) is 0 Å². The van der Waals surface area contributed by atoms with E-state index in [0.29, 0.717) is 24.0 Å². The summed E-state index contributed by atoms with van der Waals surface area (Å²) >= 11 is 0. The Morgan fingerprint density at radius 3 is 2.94 bits per heavy atom. The molecule has 1 aromatic heterocycles. The van der Waals surface area contributed by atoms with Crippen LogP contribution in [0.2, 0.25) is 0 Å². The van der Waals surface area contributed by atoms with Crippen LogP contribution in [0.3, 0.4) is 0 Å². The predicted octanol–water partition coefficient (Wildman–Crippen LogP) is 2.27. The summed E-state index contributed by atoms with van der Waals surface area (Å²) in [6.07, 6.45) is 4.16. The average molecular weight is 243 g/mol. The first-order valence-corrected chi connectivity index (χ1v) is 6.19. The Balaban J connectivity index is 2.28. The zero-order chi connectivity index (χ0) is 12.7. The number of carbonyl (C=O) groups is 1. The lowest BCUT2D eigenvalue weighted by Crippen LogP contribution is -2.10. The van der Waals surface area contributed by atoms with E-state index in [2.05, 4.69) is 10.6 Å². The van der Waals surface area contributed by atoms with Gasteiger partial charge in [-0.2, -0.15) is 0 Å². The first-order chi connectivity index (χ1) is 8.72. The number of benzene rings is 1. The summed E-state index contributed by atoms with van der Waals surface area (Å²) in [7, 11) is 0. The molecule has 93 valence electrons. The van der Waals surface area contributed by atoms with Gasteiger partial charge in [0.25, 0.3) is 5.91 Å². The largest absolute Gasteiger partial charge is 0.493 e. The highest BCUT2D eigenvalue weighted by molar-refractivity contribution is 6.08. The molecule has 4 heteroatoms. The molecule has 0 spiro atoms. The second-order valence-corrected chi connectivity index (χ2v) is 4.56. The fourth-order valence-corrected chi connectivity index (χ4v) is 2.33. The van der Waals surface area contributed by atoms with Crippen LogP contribution in [-0.2, 0) is 0 Å². The molecule has 0 aliphatic heterocycles. The number of hydrogen-bond donors (Lipinski definition) is 1. The van der Waals surface area contributed by atoms with E-state index in [0.717, 1.165) is 23.7 Å². The van der Waals surface area contributed by atoms with Crippen molar-refractivity contribution in [1.29, 1.82) is 0 Å². The second kappa shape index (κ2) is 4.05. The zero-order valence-electron chi connectivity index (χ0n) is 10.3. The van der Waals surface area contributed by atoms with Gasteiger partial charge in [0.05, 0.1) is 23.1 Å². The van der Waals surface area contributed by atoms with E-state index in [1.807, 2.05) is 19.2 Å². The fraction of sp³-hybridized carbons (Fsp3) is 0.357. The number of amides is 1. The average Bonchev–Trinajstić information content (AvgIpc) is 3.10. The summed E-state index contributed by atoms with van der Waals surface area (Å²) in [5.74, 6) is 0.273. The maximum Gasteiger partial charge on any atom is 0.251 e. The van der Waals surface area contributed by atoms with Gasteiger partial charge in [-0.15, -0.1) is 0 Å². The van der Waals surface area contributed by atoms with E-state index in [1.54, 1.807) is 6.07 Å². The van der Waals surface area contributed by atoms with Gasteiger partial charge in [-0.1, -0.05) is 0 Å². The summed E-state index contributed by atoms with van der Waals surface area (Å²) in [5, 5.41) is 0.815. The lowest BCUT2D eigenvalue weighted by atomic mass is 10.1. The topological polar surface area (TPSA) is 57.2 Å². The Morgan fingerprint density at radius 1 is 1.56 bits per heavy atom. The predicted molar refractivity (Wildman–Crippen MR) is 68.7 cm³/mol. The highest BCUT2D eigenvalue weighted by Gasteiger charge is 2.27. The van der Waals surface area contributed by atoms with Crippen LogP contribution in [0.15, 0.2) is 18.3 Å². The molecule has 2 N–H and O–H groups in total. The summed E-state index contributed by atoms with van der Waals surface area (Å²) in [5.41, 5.74) is 6.98. The molecular formula is C14H15N2O2. The van der Waals surface area contributed by atoms with Crippen molar-refractivity contribution in [3.8, 4) is 5.75 Å². The van der Waals surface area contributed by atoms with E-state index < -0.39 is 5.91 Å². The SMILES string of the molecule is CCOc1c[c]cc2c1c(C(N)=O)cn2C1CC1. The van der Waals surface area contributed by atoms with Gasteiger partial charge in [0, 0.05) is 12.2 Å². The fourth-order valence-electron chi connectivity index (χ4n) is 2.33. The third kappa shape index (κ3) is 1.65. The number of hydrogen-bond acceptors (Lipinski definition) is 2. The first-order valence-electron chi connectivity index (χ1n) is 6.19. The quantitative estimate of drug-likeness (QED) is 0.895. The summed E-state index contributed by atoms with van der Waals surface area (Å²) in [6, 6.07) is 7.21. The molecule has 1 radical (unpaired) electrons. The number of nitrogens with two attached hydrogens (primary N) is 1. The minimum Gasteiger partial charge on any atom is -0.493 e. The Kier molecular flexibility index (Phi) is 2.51. The van der Waals surface area contributed by atoms with Gasteiger partial charge < -0.3 is 15.0 Å². The van der Waals surface area contributed by atoms with Gasteiger partial charge in [-0.25, -0.2) is 0 Å². The third-order valence-corrected chi connectivity index (χ3v) is 3.26. The highest BCUT2D eigenvalue weighted by atomic mass is 16.5. The Labute approximate surface area is 105 Å². The van der Waals surface area contributed by atoms with Crippen molar-refractivity contribution in [2.45, 2.75) is 25.8 Å². The molecule has 1 fully saturated rings. The van der Waals surface area contributed by atoms with Gasteiger partial charge >= 0.3 is 0 Å². The molecule has 3 rings (SSSR count). The van der Waals surface area contributed by atoms with Gasteiger partial charge in [-0.05, 0) is 38.0 Å². The van der Waals surface area contributed by atoms with E-state index in [1.165, 1.54) is 0 Å². The Bertz CT molecular complexity index is 612. The minimum atomic E-state index is -0.411. The monoisotopic (exact) mass is 243 g/mol. The van der Waals surface area contributed by atoms with E-state index >= 15 is 0 Å². The van der Waals surface area contributed by atoms with Gasteiger partial charge in [0.15, 0.2) is 0 Å². The smallest absolute Gasteiger partial charge is 0.251 e. The van der Waals surface area contributed by atoms with Crippen LogP contribution >= 0.6 is 0 Å². The van der Waals surface area contributed by atoms with E-state index in [4.69, 9.17) is 10.5 Å². The molecule has 4 nitrogen and oxygen atoms in total. The molecule has 0 bridgehead atoms. The number of nitrogens with zero attached hydrogens (tertiary/aromatic N) is 1. The van der Waals surface area contributed by atoms with Crippen molar-refractivity contribution in [3.63, 3.8) is 0 Å². The number of fused-ring (bicyclic) bond motifs is 1. The van der Waals surface area contributed by atoms with Crippen molar-refractivity contribution < 1.29 is 9.53 Å². The molecule has 18 heavy (non-hydrogen) atoms. The lowest BCUT2D eigenvalue weighted by molar-refractivity contribution is 0.100. The van der Waals surface area contributed by atoms with E-state index in [9.17, 15) is 4.79 Å². The lowest BCUT2D eigenvalue weighted by Gasteiger charge is -2.06. The molecule has 1 amide bonds. The first kappa shape index (κ1) is 11.1. The number of carbonyl (C=O) groups excluding carboxylic acids is 1. The van der Waals surface area contributed by atoms with Crippen LogP contribution in [0.4, 0.5) is 0 Å². The summed E-state index contributed by atoms with van der Waals surface area (Å²) in [4.78, 5) is 11.6. The molecule has 1 heterocycles. The Morgan fingerprint density at radius 2 is 2.33 bits per heavy atom. The van der Waals surface area contributed by atoms with Gasteiger partial charge in [0.2, 0.25) is 0 Å². The highest BCUT2D eigenvalue weighted by Crippen LogP contribution is 2.40. The number of ether oxygens (including phenoxy) is 1. The summed E-state index contributed by atoms with van der Waals surface area (Å²) in [6.45, 7) is 2.47. The molecular weight excluding hydrogens is 228 g/mol. The van der Waals surface area contributed by atoms with Crippen LogP contribution in [0, 0.1) is 6.07 Å². The van der Waals surface area contributed by atoms with Crippen molar-refractivity contribution in [2.75, 3.05) is 6.61 Å². The van der Waals surface area contributed by atoms with Crippen LogP contribution in [-0.4, -0.2) is 17.1 Å². The molecule has 0 unspecified atom stereocenters. The number of primary amides is 1. The summed E-state index contributed by atoms with van der Waals surface area (Å²) < 4.78 is 7.69. The van der Waals surface area contributed by atoms with Gasteiger partial charge in [0.1, 0.15) is 5.75 Å².